The lowest BCUT2D eigenvalue weighted by atomic mass is 9.84. The van der Waals surface area contributed by atoms with Crippen LogP contribution in [0.25, 0.3) is 0 Å². The Balaban J connectivity index is 3.16. The van der Waals surface area contributed by atoms with E-state index in [0.717, 1.165) is 30.4 Å². The molecule has 0 spiro atoms. The number of allylic oxidation sites excluding steroid dienone is 3. The molecule has 0 aromatic rings. The first-order valence-corrected chi connectivity index (χ1v) is 5.29. The lowest BCUT2D eigenvalue weighted by Crippen LogP contribution is -2.20. The molecule has 1 rings (SSSR count). The number of rotatable bonds is 3. The molecule has 1 unspecified atom stereocenters. The highest BCUT2D eigenvalue weighted by Gasteiger charge is 2.23. The number of aliphatic hydroxyl groups is 1. The zero-order chi connectivity index (χ0) is 11.4. The monoisotopic (exact) mass is 206 g/mol. The molecule has 1 aliphatic rings. The predicted molar refractivity (Wildman–Crippen MR) is 61.5 cm³/mol. The van der Waals surface area contributed by atoms with Crippen LogP contribution in [0.1, 0.15) is 33.1 Å². The maximum atomic E-state index is 11.5. The highest BCUT2D eigenvalue weighted by Crippen LogP contribution is 2.30. The molecule has 2 heteroatoms. The van der Waals surface area contributed by atoms with Crippen LogP contribution in [0.15, 0.2) is 35.5 Å². The van der Waals surface area contributed by atoms with E-state index in [1.165, 1.54) is 6.92 Å². The Bertz CT molecular complexity index is 334. The summed E-state index contributed by atoms with van der Waals surface area (Å²) >= 11 is 0. The summed E-state index contributed by atoms with van der Waals surface area (Å²) in [4.78, 5) is 11.5. The molecule has 0 fully saturated rings. The summed E-state index contributed by atoms with van der Waals surface area (Å²) < 4.78 is 0. The SMILES string of the molecule is C=C/C=C(/C(C)=O)C1=C(C)CCCC1O. The number of aliphatic hydroxyl groups excluding tert-OH is 1. The fourth-order valence-electron chi connectivity index (χ4n) is 2.05. The summed E-state index contributed by atoms with van der Waals surface area (Å²) in [6.07, 6.45) is 5.50. The third-order valence-corrected chi connectivity index (χ3v) is 2.78. The summed E-state index contributed by atoms with van der Waals surface area (Å²) in [5.74, 6) is -0.00907. The molecule has 0 aromatic carbocycles. The molecule has 0 aromatic heterocycles. The lowest BCUT2D eigenvalue weighted by Gasteiger charge is -2.24. The normalized spacial score (nSPS) is 22.9. The molecule has 82 valence electrons. The van der Waals surface area contributed by atoms with Gasteiger partial charge in [0.15, 0.2) is 5.78 Å². The summed E-state index contributed by atoms with van der Waals surface area (Å²) in [5, 5.41) is 9.90. The third kappa shape index (κ3) is 2.66. The van der Waals surface area contributed by atoms with Gasteiger partial charge < -0.3 is 5.11 Å². The highest BCUT2D eigenvalue weighted by molar-refractivity contribution is 5.98. The van der Waals surface area contributed by atoms with Crippen LogP contribution in [-0.2, 0) is 4.79 Å². The van der Waals surface area contributed by atoms with Crippen LogP contribution in [0.3, 0.4) is 0 Å². The van der Waals surface area contributed by atoms with Gasteiger partial charge in [0.05, 0.1) is 6.10 Å². The molecule has 0 saturated heterocycles. The van der Waals surface area contributed by atoms with Crippen molar-refractivity contribution in [2.75, 3.05) is 0 Å². The van der Waals surface area contributed by atoms with Crippen molar-refractivity contribution in [1.29, 1.82) is 0 Å². The number of ketones is 1. The topological polar surface area (TPSA) is 37.3 Å². The van der Waals surface area contributed by atoms with Gasteiger partial charge in [-0.25, -0.2) is 0 Å². The molecule has 0 saturated carbocycles. The van der Waals surface area contributed by atoms with E-state index >= 15 is 0 Å². The first-order chi connectivity index (χ1) is 7.07. The van der Waals surface area contributed by atoms with Crippen LogP contribution >= 0.6 is 0 Å². The number of hydrogen-bond acceptors (Lipinski definition) is 2. The Kier molecular flexibility index (Phi) is 4.04. The van der Waals surface area contributed by atoms with Crippen molar-refractivity contribution in [1.82, 2.24) is 0 Å². The first kappa shape index (κ1) is 11.9. The predicted octanol–water partition coefficient (Wildman–Crippen LogP) is 2.55. The van der Waals surface area contributed by atoms with Gasteiger partial charge >= 0.3 is 0 Å². The molecule has 0 radical (unpaired) electrons. The number of carbonyl (C=O) groups excluding carboxylic acids is 1. The molecule has 2 nitrogen and oxygen atoms in total. The molecule has 0 aliphatic heterocycles. The number of hydrogen-bond donors (Lipinski definition) is 1. The Morgan fingerprint density at radius 1 is 1.60 bits per heavy atom. The van der Waals surface area contributed by atoms with E-state index in [-0.39, 0.29) is 5.78 Å². The molecule has 0 amide bonds. The van der Waals surface area contributed by atoms with Crippen molar-refractivity contribution in [3.05, 3.63) is 35.5 Å². The third-order valence-electron chi connectivity index (χ3n) is 2.78. The van der Waals surface area contributed by atoms with Crippen molar-refractivity contribution in [3.8, 4) is 0 Å². The minimum absolute atomic E-state index is 0.00907. The summed E-state index contributed by atoms with van der Waals surface area (Å²) in [6.45, 7) is 7.10. The fraction of sp³-hybridized carbons (Fsp3) is 0.462. The summed E-state index contributed by atoms with van der Waals surface area (Å²) in [5.41, 5.74) is 2.54. The minimum Gasteiger partial charge on any atom is -0.388 e. The van der Waals surface area contributed by atoms with Crippen molar-refractivity contribution in [3.63, 3.8) is 0 Å². The maximum Gasteiger partial charge on any atom is 0.160 e. The number of Topliss-reactive ketones (excluding diaryl/α,β-unsaturated/α-hetero) is 1. The smallest absolute Gasteiger partial charge is 0.160 e. The van der Waals surface area contributed by atoms with Crippen LogP contribution in [0.5, 0.6) is 0 Å². The van der Waals surface area contributed by atoms with E-state index in [0.29, 0.717) is 5.57 Å². The highest BCUT2D eigenvalue weighted by atomic mass is 16.3. The molecule has 1 aliphatic carbocycles. The van der Waals surface area contributed by atoms with Gasteiger partial charge in [-0.1, -0.05) is 24.3 Å². The zero-order valence-electron chi connectivity index (χ0n) is 9.42. The van der Waals surface area contributed by atoms with Crippen LogP contribution < -0.4 is 0 Å². The second kappa shape index (κ2) is 5.08. The van der Waals surface area contributed by atoms with E-state index in [1.807, 2.05) is 6.92 Å². The van der Waals surface area contributed by atoms with Crippen LogP contribution in [-0.4, -0.2) is 17.0 Å². The lowest BCUT2D eigenvalue weighted by molar-refractivity contribution is -0.113. The molecular weight excluding hydrogens is 188 g/mol. The second-order valence-corrected chi connectivity index (χ2v) is 3.97. The van der Waals surface area contributed by atoms with Crippen LogP contribution in [0.2, 0.25) is 0 Å². The molecular formula is C13H18O2. The molecule has 15 heavy (non-hydrogen) atoms. The van der Waals surface area contributed by atoms with Gasteiger partial charge in [0, 0.05) is 5.57 Å². The molecule has 0 bridgehead atoms. The molecule has 1 N–H and O–H groups in total. The van der Waals surface area contributed by atoms with Crippen molar-refractivity contribution < 1.29 is 9.90 Å². The van der Waals surface area contributed by atoms with E-state index in [4.69, 9.17) is 0 Å². The quantitative estimate of drug-likeness (QED) is 0.569. The van der Waals surface area contributed by atoms with E-state index in [9.17, 15) is 9.90 Å². The summed E-state index contributed by atoms with van der Waals surface area (Å²) in [7, 11) is 0. The Morgan fingerprint density at radius 2 is 2.27 bits per heavy atom. The van der Waals surface area contributed by atoms with Crippen molar-refractivity contribution >= 4 is 5.78 Å². The van der Waals surface area contributed by atoms with Crippen molar-refractivity contribution in [2.24, 2.45) is 0 Å². The summed E-state index contributed by atoms with van der Waals surface area (Å²) in [6, 6.07) is 0. The van der Waals surface area contributed by atoms with Crippen molar-refractivity contribution in [2.45, 2.75) is 39.2 Å². The van der Waals surface area contributed by atoms with Gasteiger partial charge in [0.1, 0.15) is 0 Å². The Hall–Kier alpha value is -1.15. The van der Waals surface area contributed by atoms with Gasteiger partial charge in [0.25, 0.3) is 0 Å². The molecule has 0 heterocycles. The fourth-order valence-corrected chi connectivity index (χ4v) is 2.05. The average Bonchev–Trinajstić information content (AvgIpc) is 2.15. The van der Waals surface area contributed by atoms with Crippen LogP contribution in [0.4, 0.5) is 0 Å². The first-order valence-electron chi connectivity index (χ1n) is 5.29. The standard InChI is InChI=1S/C13H18O2/c1-4-6-11(10(3)14)13-9(2)7-5-8-12(13)15/h4,6,12,15H,1,5,7-8H2,2-3H3/b11-6-. The van der Waals surface area contributed by atoms with Gasteiger partial charge in [-0.2, -0.15) is 0 Å². The van der Waals surface area contributed by atoms with E-state index in [2.05, 4.69) is 6.58 Å². The molecule has 1 atom stereocenters. The van der Waals surface area contributed by atoms with Crippen LogP contribution in [0, 0.1) is 0 Å². The second-order valence-electron chi connectivity index (χ2n) is 3.97. The zero-order valence-corrected chi connectivity index (χ0v) is 9.42. The van der Waals surface area contributed by atoms with Gasteiger partial charge in [-0.05, 0) is 38.7 Å². The maximum absolute atomic E-state index is 11.5. The van der Waals surface area contributed by atoms with E-state index < -0.39 is 6.10 Å². The van der Waals surface area contributed by atoms with Gasteiger partial charge in [0.2, 0.25) is 0 Å². The minimum atomic E-state index is -0.492. The largest absolute Gasteiger partial charge is 0.388 e. The Morgan fingerprint density at radius 3 is 2.73 bits per heavy atom. The average molecular weight is 206 g/mol. The van der Waals surface area contributed by atoms with E-state index in [1.54, 1.807) is 12.2 Å². The van der Waals surface area contributed by atoms with Gasteiger partial charge in [-0.15, -0.1) is 0 Å². The Labute approximate surface area is 91.0 Å². The van der Waals surface area contributed by atoms with Gasteiger partial charge in [-0.3, -0.25) is 4.79 Å². The number of carbonyl (C=O) groups is 1.